The Morgan fingerprint density at radius 3 is 2.52 bits per heavy atom. The van der Waals surface area contributed by atoms with Crippen molar-refractivity contribution in [2.75, 3.05) is 0 Å². The van der Waals surface area contributed by atoms with Crippen molar-refractivity contribution in [3.63, 3.8) is 0 Å². The van der Waals surface area contributed by atoms with Crippen LogP contribution in [-0.4, -0.2) is 11.1 Å². The minimum absolute atomic E-state index is 0.0419. The molecule has 0 bridgehead atoms. The number of halogens is 4. The minimum atomic E-state index is -1.53. The summed E-state index contributed by atoms with van der Waals surface area (Å²) in [6.45, 7) is -0.569. The zero-order chi connectivity index (χ0) is 15.6. The maximum atomic E-state index is 13.7. The van der Waals surface area contributed by atoms with E-state index in [4.69, 9.17) is 9.84 Å². The molecular weight excluding hydrogens is 353 g/mol. The van der Waals surface area contributed by atoms with Crippen molar-refractivity contribution in [1.82, 2.24) is 0 Å². The summed E-state index contributed by atoms with van der Waals surface area (Å²) < 4.78 is 45.8. The molecular formula is C14H8BrF3O3. The molecule has 0 aliphatic heterocycles. The van der Waals surface area contributed by atoms with Gasteiger partial charge in [0.15, 0.2) is 0 Å². The van der Waals surface area contributed by atoms with Gasteiger partial charge in [-0.05, 0) is 40.2 Å². The van der Waals surface area contributed by atoms with E-state index >= 15 is 0 Å². The lowest BCUT2D eigenvalue weighted by atomic mass is 10.2. The average Bonchev–Trinajstić information content (AvgIpc) is 2.42. The molecule has 3 nitrogen and oxygen atoms in total. The number of ether oxygens (including phenoxy) is 1. The van der Waals surface area contributed by atoms with Crippen molar-refractivity contribution in [3.8, 4) is 5.75 Å². The number of aromatic carboxylic acids is 1. The van der Waals surface area contributed by atoms with Crippen molar-refractivity contribution in [2.45, 2.75) is 6.61 Å². The van der Waals surface area contributed by atoms with E-state index in [0.717, 1.165) is 12.1 Å². The highest BCUT2D eigenvalue weighted by Crippen LogP contribution is 2.26. The van der Waals surface area contributed by atoms with E-state index in [0.29, 0.717) is 0 Å². The number of carboxylic acid groups (broad SMARTS) is 1. The van der Waals surface area contributed by atoms with E-state index in [9.17, 15) is 18.0 Å². The van der Waals surface area contributed by atoms with Crippen LogP contribution in [0.4, 0.5) is 13.2 Å². The zero-order valence-corrected chi connectivity index (χ0v) is 12.0. The first kappa shape index (κ1) is 15.4. The number of rotatable bonds is 4. The molecule has 2 rings (SSSR count). The second kappa shape index (κ2) is 6.17. The van der Waals surface area contributed by atoms with Crippen molar-refractivity contribution < 1.29 is 27.8 Å². The summed E-state index contributed by atoms with van der Waals surface area (Å²) in [5.41, 5.74) is -1.07. The molecule has 2 aromatic carbocycles. The number of carboxylic acids is 1. The molecule has 0 radical (unpaired) electrons. The van der Waals surface area contributed by atoms with Gasteiger partial charge in [0.1, 0.15) is 35.4 Å². The van der Waals surface area contributed by atoms with Gasteiger partial charge in [-0.2, -0.15) is 0 Å². The first-order valence-corrected chi connectivity index (χ1v) is 6.48. The summed E-state index contributed by atoms with van der Waals surface area (Å²) in [6, 6.07) is 5.64. The summed E-state index contributed by atoms with van der Waals surface area (Å²) in [6.07, 6.45) is 0. The second-order valence-electron chi connectivity index (χ2n) is 4.03. The third-order valence-electron chi connectivity index (χ3n) is 2.70. The van der Waals surface area contributed by atoms with Gasteiger partial charge in [0.05, 0.1) is 10.0 Å². The van der Waals surface area contributed by atoms with Crippen LogP contribution in [0.25, 0.3) is 0 Å². The summed E-state index contributed by atoms with van der Waals surface area (Å²) >= 11 is 2.90. The van der Waals surface area contributed by atoms with E-state index < -0.39 is 35.6 Å². The normalized spacial score (nSPS) is 10.5. The van der Waals surface area contributed by atoms with E-state index in [1.54, 1.807) is 0 Å². The Kier molecular flexibility index (Phi) is 4.52. The maximum absolute atomic E-state index is 13.7. The van der Waals surface area contributed by atoms with Crippen LogP contribution in [0.15, 0.2) is 34.8 Å². The highest BCUT2D eigenvalue weighted by molar-refractivity contribution is 9.10. The van der Waals surface area contributed by atoms with Gasteiger partial charge in [0, 0.05) is 0 Å². The Balaban J connectivity index is 2.32. The molecule has 0 aliphatic carbocycles. The standard InChI is InChI=1S/C14H8BrF3O3/c15-8-4-5-9(16)7(13(8)18)6-21-11-3-1-2-10(17)12(11)14(19)20/h1-5H,6H2,(H,19,20). The Bertz CT molecular complexity index is 704. The number of benzene rings is 2. The molecule has 21 heavy (non-hydrogen) atoms. The summed E-state index contributed by atoms with van der Waals surface area (Å²) in [4.78, 5) is 11.0. The van der Waals surface area contributed by atoms with Gasteiger partial charge >= 0.3 is 5.97 Å². The van der Waals surface area contributed by atoms with Gasteiger partial charge in [-0.3, -0.25) is 0 Å². The van der Waals surface area contributed by atoms with Crippen LogP contribution in [0.3, 0.4) is 0 Å². The quantitative estimate of drug-likeness (QED) is 0.833. The van der Waals surface area contributed by atoms with Crippen LogP contribution in [-0.2, 0) is 6.61 Å². The van der Waals surface area contributed by atoms with Gasteiger partial charge in [0.25, 0.3) is 0 Å². The van der Waals surface area contributed by atoms with Crippen molar-refractivity contribution in [1.29, 1.82) is 0 Å². The monoisotopic (exact) mass is 360 g/mol. The van der Waals surface area contributed by atoms with E-state index in [1.165, 1.54) is 18.2 Å². The fourth-order valence-electron chi connectivity index (χ4n) is 1.68. The fraction of sp³-hybridized carbons (Fsp3) is 0.0714. The third-order valence-corrected chi connectivity index (χ3v) is 3.31. The first-order chi connectivity index (χ1) is 9.91. The molecule has 0 unspecified atom stereocenters. The first-order valence-electron chi connectivity index (χ1n) is 5.68. The molecule has 0 spiro atoms. The molecule has 1 N–H and O–H groups in total. The van der Waals surface area contributed by atoms with Gasteiger partial charge in [-0.25, -0.2) is 18.0 Å². The molecule has 7 heteroatoms. The van der Waals surface area contributed by atoms with Gasteiger partial charge in [-0.1, -0.05) is 6.07 Å². The fourth-order valence-corrected chi connectivity index (χ4v) is 2.05. The maximum Gasteiger partial charge on any atom is 0.342 e. The average molecular weight is 361 g/mol. The van der Waals surface area contributed by atoms with Gasteiger partial charge < -0.3 is 9.84 Å². The molecule has 0 atom stereocenters. The summed E-state index contributed by atoms with van der Waals surface area (Å²) in [7, 11) is 0. The molecule has 0 fully saturated rings. The molecule has 0 amide bonds. The molecule has 0 saturated carbocycles. The predicted molar refractivity (Wildman–Crippen MR) is 71.7 cm³/mol. The smallest absolute Gasteiger partial charge is 0.342 e. The van der Waals surface area contributed by atoms with Crippen molar-refractivity contribution in [3.05, 3.63) is 63.4 Å². The minimum Gasteiger partial charge on any atom is -0.488 e. The van der Waals surface area contributed by atoms with E-state index in [1.807, 2.05) is 0 Å². The van der Waals surface area contributed by atoms with Crippen molar-refractivity contribution in [2.24, 2.45) is 0 Å². The second-order valence-corrected chi connectivity index (χ2v) is 4.88. The summed E-state index contributed by atoms with van der Waals surface area (Å²) in [5, 5.41) is 8.92. The molecule has 2 aromatic rings. The molecule has 0 aromatic heterocycles. The van der Waals surface area contributed by atoms with Gasteiger partial charge in [-0.15, -0.1) is 0 Å². The lowest BCUT2D eigenvalue weighted by Crippen LogP contribution is -2.08. The molecule has 0 aliphatic rings. The van der Waals surface area contributed by atoms with Crippen LogP contribution < -0.4 is 4.74 Å². The SMILES string of the molecule is O=C(O)c1c(F)cccc1OCc1c(F)ccc(Br)c1F. The number of hydrogen-bond donors (Lipinski definition) is 1. The topological polar surface area (TPSA) is 46.5 Å². The lowest BCUT2D eigenvalue weighted by Gasteiger charge is -2.11. The third kappa shape index (κ3) is 3.18. The highest BCUT2D eigenvalue weighted by atomic mass is 79.9. The van der Waals surface area contributed by atoms with Crippen LogP contribution >= 0.6 is 15.9 Å². The van der Waals surface area contributed by atoms with E-state index in [2.05, 4.69) is 15.9 Å². The van der Waals surface area contributed by atoms with Crippen LogP contribution in [0.1, 0.15) is 15.9 Å². The van der Waals surface area contributed by atoms with Crippen LogP contribution in [0, 0.1) is 17.5 Å². The van der Waals surface area contributed by atoms with Crippen LogP contribution in [0.2, 0.25) is 0 Å². The van der Waals surface area contributed by atoms with E-state index in [-0.39, 0.29) is 15.8 Å². The number of hydrogen-bond acceptors (Lipinski definition) is 2. The predicted octanol–water partition coefficient (Wildman–Crippen LogP) is 4.14. The van der Waals surface area contributed by atoms with Gasteiger partial charge in [0.2, 0.25) is 0 Å². The Morgan fingerprint density at radius 2 is 1.86 bits per heavy atom. The number of carbonyl (C=O) groups is 1. The molecule has 110 valence electrons. The van der Waals surface area contributed by atoms with Crippen LogP contribution in [0.5, 0.6) is 5.75 Å². The van der Waals surface area contributed by atoms with Crippen molar-refractivity contribution >= 4 is 21.9 Å². The largest absolute Gasteiger partial charge is 0.488 e. The zero-order valence-electron chi connectivity index (χ0n) is 10.4. The Hall–Kier alpha value is -2.02. The Labute approximate surface area is 126 Å². The molecule has 0 saturated heterocycles. The highest BCUT2D eigenvalue weighted by Gasteiger charge is 2.19. The lowest BCUT2D eigenvalue weighted by molar-refractivity contribution is 0.0686. The molecule has 0 heterocycles. The Morgan fingerprint density at radius 1 is 1.14 bits per heavy atom. The summed E-state index contributed by atoms with van der Waals surface area (Å²) in [5.74, 6) is -4.53.